The monoisotopic (exact) mass is 325 g/mol. The molecule has 1 heterocycles. The quantitative estimate of drug-likeness (QED) is 0.838. The van der Waals surface area contributed by atoms with Gasteiger partial charge in [-0.25, -0.2) is 13.6 Å². The third kappa shape index (κ3) is 4.79. The molecular formula is C15H23N3O3S. The highest BCUT2D eigenvalue weighted by atomic mass is 32.2. The molecule has 7 heteroatoms. The molecule has 1 aromatic rings. The first-order valence-electron chi connectivity index (χ1n) is 7.49. The molecule has 1 aliphatic rings. The number of likely N-dealkylation sites (tertiary alicyclic amines) is 1. The second-order valence-electron chi connectivity index (χ2n) is 5.78. The number of nitrogens with two attached hydrogens (primary N) is 1. The predicted molar refractivity (Wildman–Crippen MR) is 84.5 cm³/mol. The van der Waals surface area contributed by atoms with E-state index in [1.165, 1.54) is 18.6 Å². The lowest BCUT2D eigenvalue weighted by Gasteiger charge is -2.32. The van der Waals surface area contributed by atoms with Gasteiger partial charge in [0, 0.05) is 12.6 Å². The summed E-state index contributed by atoms with van der Waals surface area (Å²) in [5.41, 5.74) is 0.840. The third-order valence-corrected chi connectivity index (χ3v) is 4.96. The van der Waals surface area contributed by atoms with Crippen molar-refractivity contribution in [3.05, 3.63) is 29.8 Å². The lowest BCUT2D eigenvalue weighted by molar-refractivity contribution is -0.123. The van der Waals surface area contributed by atoms with Gasteiger partial charge in [0.25, 0.3) is 0 Å². The van der Waals surface area contributed by atoms with Crippen LogP contribution in [0.25, 0.3) is 0 Å². The standard InChI is InChI=1S/C15H23N3O3S/c1-12-4-2-3-9-18(12)11-15(19)17-10-13-5-7-14(8-6-13)22(16,20)21/h5-8,12H,2-4,9-11H2,1H3,(H,17,19)(H2,16,20,21). The average molecular weight is 325 g/mol. The Labute approximate surface area is 131 Å². The fraction of sp³-hybridized carbons (Fsp3) is 0.533. The number of hydrogen-bond acceptors (Lipinski definition) is 4. The first-order valence-corrected chi connectivity index (χ1v) is 9.03. The molecule has 0 bridgehead atoms. The maximum Gasteiger partial charge on any atom is 0.238 e. The number of carbonyl (C=O) groups excluding carboxylic acids is 1. The second kappa shape index (κ2) is 7.21. The summed E-state index contributed by atoms with van der Waals surface area (Å²) < 4.78 is 22.3. The topological polar surface area (TPSA) is 92.5 Å². The molecule has 1 atom stereocenters. The summed E-state index contributed by atoms with van der Waals surface area (Å²) >= 11 is 0. The smallest absolute Gasteiger partial charge is 0.238 e. The van der Waals surface area contributed by atoms with Gasteiger partial charge in [0.1, 0.15) is 0 Å². The van der Waals surface area contributed by atoms with E-state index in [9.17, 15) is 13.2 Å². The van der Waals surface area contributed by atoms with Gasteiger partial charge in [-0.15, -0.1) is 0 Å². The van der Waals surface area contributed by atoms with Gasteiger partial charge in [-0.1, -0.05) is 18.6 Å². The molecule has 2 rings (SSSR count). The Morgan fingerprint density at radius 1 is 1.32 bits per heavy atom. The Hall–Kier alpha value is -1.44. The fourth-order valence-electron chi connectivity index (χ4n) is 2.63. The van der Waals surface area contributed by atoms with Crippen molar-refractivity contribution in [2.45, 2.75) is 43.7 Å². The van der Waals surface area contributed by atoms with Crippen LogP contribution in [0.5, 0.6) is 0 Å². The molecule has 0 aromatic heterocycles. The Morgan fingerprint density at radius 3 is 2.59 bits per heavy atom. The Morgan fingerprint density at radius 2 is 2.00 bits per heavy atom. The summed E-state index contributed by atoms with van der Waals surface area (Å²) in [6.07, 6.45) is 3.52. The van der Waals surface area contributed by atoms with Gasteiger partial charge in [0.15, 0.2) is 0 Å². The van der Waals surface area contributed by atoms with Crippen LogP contribution in [0, 0.1) is 0 Å². The number of piperidine rings is 1. The van der Waals surface area contributed by atoms with E-state index in [1.807, 2.05) is 0 Å². The number of primary sulfonamides is 1. The highest BCUT2D eigenvalue weighted by Crippen LogP contribution is 2.15. The maximum atomic E-state index is 12.0. The number of nitrogens with zero attached hydrogens (tertiary/aromatic N) is 1. The van der Waals surface area contributed by atoms with Crippen LogP contribution >= 0.6 is 0 Å². The molecule has 3 N–H and O–H groups in total. The van der Waals surface area contributed by atoms with Gasteiger partial charge in [0.05, 0.1) is 11.4 Å². The molecule has 6 nitrogen and oxygen atoms in total. The van der Waals surface area contributed by atoms with Crippen LogP contribution in [0.4, 0.5) is 0 Å². The van der Waals surface area contributed by atoms with E-state index in [4.69, 9.17) is 5.14 Å². The molecular weight excluding hydrogens is 302 g/mol. The summed E-state index contributed by atoms with van der Waals surface area (Å²) in [6, 6.07) is 6.66. The summed E-state index contributed by atoms with van der Waals surface area (Å²) in [7, 11) is -3.67. The third-order valence-electron chi connectivity index (χ3n) is 4.03. The van der Waals surface area contributed by atoms with Crippen molar-refractivity contribution < 1.29 is 13.2 Å². The molecule has 122 valence electrons. The van der Waals surface area contributed by atoms with Crippen LogP contribution < -0.4 is 10.5 Å². The molecule has 1 fully saturated rings. The first kappa shape index (κ1) is 16.9. The van der Waals surface area contributed by atoms with Crippen molar-refractivity contribution in [3.63, 3.8) is 0 Å². The molecule has 0 radical (unpaired) electrons. The average Bonchev–Trinajstić information content (AvgIpc) is 2.47. The van der Waals surface area contributed by atoms with Crippen molar-refractivity contribution >= 4 is 15.9 Å². The number of rotatable bonds is 5. The van der Waals surface area contributed by atoms with E-state index < -0.39 is 10.0 Å². The molecule has 1 aliphatic heterocycles. The van der Waals surface area contributed by atoms with Crippen molar-refractivity contribution in [2.75, 3.05) is 13.1 Å². The lowest BCUT2D eigenvalue weighted by Crippen LogP contribution is -2.44. The largest absolute Gasteiger partial charge is 0.351 e. The predicted octanol–water partition coefficient (Wildman–Crippen LogP) is 0.825. The van der Waals surface area contributed by atoms with Gasteiger partial charge in [0.2, 0.25) is 15.9 Å². The molecule has 1 aromatic carbocycles. The van der Waals surface area contributed by atoms with Gasteiger partial charge < -0.3 is 5.32 Å². The highest BCUT2D eigenvalue weighted by molar-refractivity contribution is 7.89. The van der Waals surface area contributed by atoms with Gasteiger partial charge in [-0.3, -0.25) is 9.69 Å². The lowest BCUT2D eigenvalue weighted by atomic mass is 10.0. The van der Waals surface area contributed by atoms with E-state index in [0.29, 0.717) is 19.1 Å². The van der Waals surface area contributed by atoms with E-state index in [-0.39, 0.29) is 10.8 Å². The minimum absolute atomic E-state index is 0.00993. The normalized spacial score (nSPS) is 19.8. The zero-order chi connectivity index (χ0) is 16.2. The molecule has 0 aliphatic carbocycles. The molecule has 1 amide bonds. The minimum Gasteiger partial charge on any atom is -0.351 e. The van der Waals surface area contributed by atoms with E-state index in [0.717, 1.165) is 24.9 Å². The molecule has 1 unspecified atom stereocenters. The highest BCUT2D eigenvalue weighted by Gasteiger charge is 2.20. The maximum absolute atomic E-state index is 12.0. The second-order valence-corrected chi connectivity index (χ2v) is 7.34. The number of carbonyl (C=O) groups is 1. The van der Waals surface area contributed by atoms with Gasteiger partial charge in [-0.2, -0.15) is 0 Å². The van der Waals surface area contributed by atoms with Crippen molar-refractivity contribution in [1.82, 2.24) is 10.2 Å². The van der Waals surface area contributed by atoms with Crippen LogP contribution in [-0.2, 0) is 21.4 Å². The Balaban J connectivity index is 1.83. The van der Waals surface area contributed by atoms with E-state index >= 15 is 0 Å². The van der Waals surface area contributed by atoms with Crippen LogP contribution in [0.15, 0.2) is 29.2 Å². The molecule has 0 saturated carbocycles. The summed E-state index contributed by atoms with van der Waals surface area (Å²) in [5.74, 6) is -0.00993. The number of hydrogen-bond donors (Lipinski definition) is 2. The molecule has 1 saturated heterocycles. The van der Waals surface area contributed by atoms with Gasteiger partial charge in [-0.05, 0) is 44.0 Å². The van der Waals surface area contributed by atoms with Crippen molar-refractivity contribution in [1.29, 1.82) is 0 Å². The first-order chi connectivity index (χ1) is 10.4. The Bertz CT molecular complexity index is 613. The summed E-state index contributed by atoms with van der Waals surface area (Å²) in [6.45, 7) is 3.92. The number of benzene rings is 1. The van der Waals surface area contributed by atoms with Crippen LogP contribution in [0.3, 0.4) is 0 Å². The van der Waals surface area contributed by atoms with Crippen molar-refractivity contribution in [2.24, 2.45) is 5.14 Å². The zero-order valence-electron chi connectivity index (χ0n) is 12.8. The summed E-state index contributed by atoms with van der Waals surface area (Å²) in [4.78, 5) is 14.3. The Kier molecular flexibility index (Phi) is 5.55. The van der Waals surface area contributed by atoms with Crippen LogP contribution in [0.1, 0.15) is 31.7 Å². The fourth-order valence-corrected chi connectivity index (χ4v) is 3.15. The number of amides is 1. The van der Waals surface area contributed by atoms with Crippen LogP contribution in [-0.4, -0.2) is 38.4 Å². The zero-order valence-corrected chi connectivity index (χ0v) is 13.6. The minimum atomic E-state index is -3.67. The molecule has 22 heavy (non-hydrogen) atoms. The van der Waals surface area contributed by atoms with E-state index in [2.05, 4.69) is 17.1 Å². The SMILES string of the molecule is CC1CCCCN1CC(=O)NCc1ccc(S(N)(=O)=O)cc1. The molecule has 0 spiro atoms. The summed E-state index contributed by atoms with van der Waals surface area (Å²) in [5, 5.41) is 7.91. The van der Waals surface area contributed by atoms with E-state index in [1.54, 1.807) is 12.1 Å². The van der Waals surface area contributed by atoms with Gasteiger partial charge >= 0.3 is 0 Å². The van der Waals surface area contributed by atoms with Crippen LogP contribution in [0.2, 0.25) is 0 Å². The van der Waals surface area contributed by atoms with Crippen molar-refractivity contribution in [3.8, 4) is 0 Å². The number of nitrogens with one attached hydrogen (secondary N) is 1. The number of sulfonamides is 1.